The molecule has 2 N–H and O–H groups in total. The molecule has 3 aromatic rings. The molecular weight excluding hydrogens is 399 g/mol. The first-order chi connectivity index (χ1) is 15.0. The SMILES string of the molecule is CCC(Oc1ccccc1)C(=O)Nc1ccc(OC)c(NC(=O)c2cccc(F)c2)c1. The van der Waals surface area contributed by atoms with Gasteiger partial charge in [-0.2, -0.15) is 0 Å². The van der Waals surface area contributed by atoms with E-state index in [1.165, 1.54) is 25.3 Å². The van der Waals surface area contributed by atoms with E-state index in [1.54, 1.807) is 30.3 Å². The van der Waals surface area contributed by atoms with E-state index in [0.717, 1.165) is 6.07 Å². The van der Waals surface area contributed by atoms with Crippen LogP contribution in [-0.2, 0) is 4.79 Å². The van der Waals surface area contributed by atoms with Crippen molar-refractivity contribution in [2.75, 3.05) is 17.7 Å². The van der Waals surface area contributed by atoms with Gasteiger partial charge in [0.1, 0.15) is 17.3 Å². The van der Waals surface area contributed by atoms with Gasteiger partial charge in [-0.25, -0.2) is 4.39 Å². The van der Waals surface area contributed by atoms with Crippen molar-refractivity contribution in [2.45, 2.75) is 19.4 Å². The van der Waals surface area contributed by atoms with Crippen LogP contribution in [0.4, 0.5) is 15.8 Å². The van der Waals surface area contributed by atoms with Crippen LogP contribution in [0.25, 0.3) is 0 Å². The highest BCUT2D eigenvalue weighted by Crippen LogP contribution is 2.28. The third-order valence-corrected chi connectivity index (χ3v) is 4.49. The molecule has 0 aliphatic carbocycles. The molecule has 3 aromatic carbocycles. The fourth-order valence-electron chi connectivity index (χ4n) is 2.92. The molecule has 1 atom stereocenters. The van der Waals surface area contributed by atoms with E-state index in [4.69, 9.17) is 9.47 Å². The van der Waals surface area contributed by atoms with Crippen molar-refractivity contribution in [3.63, 3.8) is 0 Å². The van der Waals surface area contributed by atoms with E-state index >= 15 is 0 Å². The zero-order chi connectivity index (χ0) is 22.2. The van der Waals surface area contributed by atoms with Gasteiger partial charge in [-0.1, -0.05) is 31.2 Å². The summed E-state index contributed by atoms with van der Waals surface area (Å²) in [6.45, 7) is 1.85. The lowest BCUT2D eigenvalue weighted by atomic mass is 10.2. The van der Waals surface area contributed by atoms with Gasteiger partial charge in [-0.3, -0.25) is 9.59 Å². The maximum atomic E-state index is 13.4. The quantitative estimate of drug-likeness (QED) is 0.542. The van der Waals surface area contributed by atoms with E-state index in [0.29, 0.717) is 29.3 Å². The molecule has 0 radical (unpaired) electrons. The lowest BCUT2D eigenvalue weighted by molar-refractivity contribution is -0.122. The number of rotatable bonds is 8. The lowest BCUT2D eigenvalue weighted by Gasteiger charge is -2.18. The van der Waals surface area contributed by atoms with Gasteiger partial charge in [0.25, 0.3) is 11.8 Å². The van der Waals surface area contributed by atoms with Crippen LogP contribution in [0.5, 0.6) is 11.5 Å². The maximum absolute atomic E-state index is 13.4. The van der Waals surface area contributed by atoms with Crippen molar-refractivity contribution in [3.05, 3.63) is 84.2 Å². The number of hydrogen-bond donors (Lipinski definition) is 2. The molecule has 2 amide bonds. The largest absolute Gasteiger partial charge is 0.495 e. The molecule has 0 spiro atoms. The first-order valence-corrected chi connectivity index (χ1v) is 9.77. The van der Waals surface area contributed by atoms with Gasteiger partial charge in [0, 0.05) is 11.3 Å². The smallest absolute Gasteiger partial charge is 0.265 e. The number of carbonyl (C=O) groups is 2. The molecule has 160 valence electrons. The second-order valence-electron chi connectivity index (χ2n) is 6.70. The van der Waals surface area contributed by atoms with Crippen LogP contribution in [-0.4, -0.2) is 25.0 Å². The topological polar surface area (TPSA) is 76.7 Å². The van der Waals surface area contributed by atoms with Gasteiger partial charge < -0.3 is 20.1 Å². The average molecular weight is 422 g/mol. The molecule has 3 rings (SSSR count). The van der Waals surface area contributed by atoms with Gasteiger partial charge in [0.2, 0.25) is 0 Å². The van der Waals surface area contributed by atoms with Gasteiger partial charge in [0.15, 0.2) is 6.10 Å². The Morgan fingerprint density at radius 2 is 1.74 bits per heavy atom. The average Bonchev–Trinajstić information content (AvgIpc) is 2.78. The minimum absolute atomic E-state index is 0.166. The van der Waals surface area contributed by atoms with Crippen molar-refractivity contribution in [2.24, 2.45) is 0 Å². The van der Waals surface area contributed by atoms with Crippen LogP contribution in [0.1, 0.15) is 23.7 Å². The minimum Gasteiger partial charge on any atom is -0.495 e. The van der Waals surface area contributed by atoms with Crippen molar-refractivity contribution >= 4 is 23.2 Å². The summed E-state index contributed by atoms with van der Waals surface area (Å²) in [6.07, 6.45) is -0.213. The number of hydrogen-bond acceptors (Lipinski definition) is 4. The zero-order valence-corrected chi connectivity index (χ0v) is 17.2. The number of para-hydroxylation sites is 1. The lowest BCUT2D eigenvalue weighted by Crippen LogP contribution is -2.32. The highest BCUT2D eigenvalue weighted by atomic mass is 19.1. The minimum atomic E-state index is -0.685. The highest BCUT2D eigenvalue weighted by molar-refractivity contribution is 6.05. The predicted octanol–water partition coefficient (Wildman–Crippen LogP) is 4.88. The molecule has 0 bridgehead atoms. The molecular formula is C24H23FN2O4. The van der Waals surface area contributed by atoms with Gasteiger partial charge in [-0.15, -0.1) is 0 Å². The number of nitrogens with one attached hydrogen (secondary N) is 2. The maximum Gasteiger partial charge on any atom is 0.265 e. The van der Waals surface area contributed by atoms with Crippen LogP contribution < -0.4 is 20.1 Å². The molecule has 31 heavy (non-hydrogen) atoms. The van der Waals surface area contributed by atoms with E-state index < -0.39 is 17.8 Å². The number of benzene rings is 3. The normalized spacial score (nSPS) is 11.3. The Labute approximate surface area is 180 Å². The number of methoxy groups -OCH3 is 1. The van der Waals surface area contributed by atoms with Crippen LogP contribution in [0.2, 0.25) is 0 Å². The van der Waals surface area contributed by atoms with Crippen LogP contribution >= 0.6 is 0 Å². The summed E-state index contributed by atoms with van der Waals surface area (Å²) in [7, 11) is 1.46. The van der Waals surface area contributed by atoms with Crippen molar-refractivity contribution in [1.29, 1.82) is 0 Å². The number of amides is 2. The molecule has 1 unspecified atom stereocenters. The Bertz CT molecular complexity index is 1060. The highest BCUT2D eigenvalue weighted by Gasteiger charge is 2.19. The number of ether oxygens (including phenoxy) is 2. The molecule has 7 heteroatoms. The second kappa shape index (κ2) is 10.2. The Kier molecular flexibility index (Phi) is 7.22. The van der Waals surface area contributed by atoms with Gasteiger partial charge in [-0.05, 0) is 55.0 Å². The summed E-state index contributed by atoms with van der Waals surface area (Å²) in [5.41, 5.74) is 0.959. The Balaban J connectivity index is 1.74. The molecule has 0 fully saturated rings. The van der Waals surface area contributed by atoms with Crippen LogP contribution in [0.15, 0.2) is 72.8 Å². The van der Waals surface area contributed by atoms with Gasteiger partial charge in [0.05, 0.1) is 12.8 Å². The Morgan fingerprint density at radius 3 is 2.42 bits per heavy atom. The molecule has 0 aliphatic heterocycles. The summed E-state index contributed by atoms with van der Waals surface area (Å²) >= 11 is 0. The monoisotopic (exact) mass is 422 g/mol. The fourth-order valence-corrected chi connectivity index (χ4v) is 2.92. The summed E-state index contributed by atoms with van der Waals surface area (Å²) < 4.78 is 24.5. The van der Waals surface area contributed by atoms with Crippen LogP contribution in [0, 0.1) is 5.82 Å². The van der Waals surface area contributed by atoms with Crippen molar-refractivity contribution in [1.82, 2.24) is 0 Å². The van der Waals surface area contributed by atoms with E-state index in [-0.39, 0.29) is 11.5 Å². The number of halogens is 1. The second-order valence-corrected chi connectivity index (χ2v) is 6.70. The first kappa shape index (κ1) is 21.8. The molecule has 0 aromatic heterocycles. The van der Waals surface area contributed by atoms with Crippen molar-refractivity contribution in [3.8, 4) is 11.5 Å². The van der Waals surface area contributed by atoms with E-state index in [9.17, 15) is 14.0 Å². The third-order valence-electron chi connectivity index (χ3n) is 4.49. The number of carbonyl (C=O) groups excluding carboxylic acids is 2. The fraction of sp³-hybridized carbons (Fsp3) is 0.167. The Hall–Kier alpha value is -3.87. The Morgan fingerprint density at radius 1 is 0.968 bits per heavy atom. The molecule has 6 nitrogen and oxygen atoms in total. The molecule has 0 saturated carbocycles. The molecule has 0 heterocycles. The summed E-state index contributed by atoms with van der Waals surface area (Å²) in [4.78, 5) is 25.2. The van der Waals surface area contributed by atoms with E-state index in [1.807, 2.05) is 25.1 Å². The third kappa shape index (κ3) is 5.82. The van der Waals surface area contributed by atoms with Crippen molar-refractivity contribution < 1.29 is 23.5 Å². The molecule has 0 saturated heterocycles. The summed E-state index contributed by atoms with van der Waals surface area (Å²) in [6, 6.07) is 19.3. The standard InChI is InChI=1S/C24H23FN2O4/c1-3-21(31-19-10-5-4-6-11-19)24(29)26-18-12-13-22(30-2)20(15-18)27-23(28)16-8-7-9-17(25)14-16/h4-15,21H,3H2,1-2H3,(H,26,29)(H,27,28). The van der Waals surface area contributed by atoms with E-state index in [2.05, 4.69) is 10.6 Å². The molecule has 0 aliphatic rings. The zero-order valence-electron chi connectivity index (χ0n) is 17.2. The van der Waals surface area contributed by atoms with Gasteiger partial charge >= 0.3 is 0 Å². The summed E-state index contributed by atoms with van der Waals surface area (Å²) in [5.74, 6) is -0.332. The predicted molar refractivity (Wildman–Crippen MR) is 117 cm³/mol. The van der Waals surface area contributed by atoms with Crippen LogP contribution in [0.3, 0.4) is 0 Å². The summed E-state index contributed by atoms with van der Waals surface area (Å²) in [5, 5.41) is 5.48. The number of anilines is 2. The first-order valence-electron chi connectivity index (χ1n) is 9.77.